The number of aldehydes is 1. The number of H-pyrrole nitrogens is 1. The van der Waals surface area contributed by atoms with Crippen LogP contribution in [0.2, 0.25) is 0 Å². The molecule has 1 saturated heterocycles. The van der Waals surface area contributed by atoms with Crippen LogP contribution in [0.5, 0.6) is 0 Å². The molecule has 7 heteroatoms. The van der Waals surface area contributed by atoms with Gasteiger partial charge in [0.25, 0.3) is 5.91 Å². The van der Waals surface area contributed by atoms with E-state index < -0.39 is 0 Å². The summed E-state index contributed by atoms with van der Waals surface area (Å²) in [6, 6.07) is 12.0. The van der Waals surface area contributed by atoms with Gasteiger partial charge in [-0.15, -0.1) is 12.4 Å². The van der Waals surface area contributed by atoms with E-state index in [-0.39, 0.29) is 24.1 Å². The fourth-order valence-electron chi connectivity index (χ4n) is 3.67. The lowest BCUT2D eigenvalue weighted by atomic mass is 10.1. The molecule has 0 bridgehead atoms. The van der Waals surface area contributed by atoms with Gasteiger partial charge in [-0.1, -0.05) is 18.2 Å². The van der Waals surface area contributed by atoms with Gasteiger partial charge in [0, 0.05) is 61.0 Å². The molecular formula is C22H23ClFN3O2. The largest absolute Gasteiger partial charge is 0.360 e. The SMILES string of the molecule is Cl.O=Cc1c[nH]c2cc(C(=O)N3CCN(CCc4ccc(F)cc4)CC3)ccc12. The molecule has 0 spiro atoms. The van der Waals surface area contributed by atoms with Gasteiger partial charge in [-0.3, -0.25) is 14.5 Å². The molecule has 2 aromatic carbocycles. The number of nitrogens with zero attached hydrogens (tertiary/aromatic N) is 2. The van der Waals surface area contributed by atoms with E-state index in [1.165, 1.54) is 12.1 Å². The Bertz CT molecular complexity index is 995. The zero-order chi connectivity index (χ0) is 19.5. The highest BCUT2D eigenvalue weighted by atomic mass is 35.5. The zero-order valence-electron chi connectivity index (χ0n) is 15.9. The van der Waals surface area contributed by atoms with Crippen LogP contribution in [0.1, 0.15) is 26.3 Å². The zero-order valence-corrected chi connectivity index (χ0v) is 16.8. The quantitative estimate of drug-likeness (QED) is 0.648. The average Bonchev–Trinajstić information content (AvgIpc) is 3.15. The van der Waals surface area contributed by atoms with Gasteiger partial charge in [-0.25, -0.2) is 4.39 Å². The van der Waals surface area contributed by atoms with Gasteiger partial charge in [-0.2, -0.15) is 0 Å². The first-order chi connectivity index (χ1) is 13.6. The van der Waals surface area contributed by atoms with Crippen molar-refractivity contribution in [1.82, 2.24) is 14.8 Å². The second-order valence-corrected chi connectivity index (χ2v) is 7.13. The van der Waals surface area contributed by atoms with E-state index in [4.69, 9.17) is 0 Å². The molecule has 4 rings (SSSR count). The lowest BCUT2D eigenvalue weighted by Gasteiger charge is -2.34. The molecular weight excluding hydrogens is 393 g/mol. The first kappa shape index (κ1) is 21.0. The first-order valence-corrected chi connectivity index (χ1v) is 9.46. The van der Waals surface area contributed by atoms with Crippen molar-refractivity contribution in [2.24, 2.45) is 0 Å². The topological polar surface area (TPSA) is 56.4 Å². The molecule has 0 unspecified atom stereocenters. The van der Waals surface area contributed by atoms with Crippen LogP contribution in [0.25, 0.3) is 10.9 Å². The summed E-state index contributed by atoms with van der Waals surface area (Å²) in [4.78, 5) is 31.1. The van der Waals surface area contributed by atoms with Gasteiger partial charge in [-0.05, 0) is 36.2 Å². The van der Waals surface area contributed by atoms with E-state index in [9.17, 15) is 14.0 Å². The molecule has 1 aliphatic heterocycles. The van der Waals surface area contributed by atoms with E-state index in [0.29, 0.717) is 24.2 Å². The molecule has 29 heavy (non-hydrogen) atoms. The van der Waals surface area contributed by atoms with E-state index >= 15 is 0 Å². The maximum Gasteiger partial charge on any atom is 0.254 e. The molecule has 0 radical (unpaired) electrons. The standard InChI is InChI=1S/C22H22FN3O2.ClH/c23-19-4-1-16(2-5-19)7-8-25-9-11-26(12-10-25)22(28)17-3-6-20-18(15-27)14-24-21(20)13-17;/h1-6,13-15,24H,7-12H2;1H. The van der Waals surface area contributed by atoms with Gasteiger partial charge in [0.15, 0.2) is 6.29 Å². The number of aromatic nitrogens is 1. The Balaban J connectivity index is 0.00000240. The number of amides is 1. The number of halogens is 2. The third-order valence-corrected chi connectivity index (χ3v) is 5.38. The highest BCUT2D eigenvalue weighted by Gasteiger charge is 2.22. The van der Waals surface area contributed by atoms with Crippen molar-refractivity contribution in [2.75, 3.05) is 32.7 Å². The second kappa shape index (κ2) is 9.20. The van der Waals surface area contributed by atoms with Gasteiger partial charge < -0.3 is 9.88 Å². The Labute approximate surface area is 174 Å². The third kappa shape index (κ3) is 4.66. The Morgan fingerprint density at radius 2 is 1.79 bits per heavy atom. The number of hydrogen-bond donors (Lipinski definition) is 1. The molecule has 1 fully saturated rings. The minimum absolute atomic E-state index is 0. The fourth-order valence-corrected chi connectivity index (χ4v) is 3.67. The molecule has 3 aromatic rings. The van der Waals surface area contributed by atoms with Crippen molar-refractivity contribution in [3.8, 4) is 0 Å². The van der Waals surface area contributed by atoms with Crippen LogP contribution in [0.15, 0.2) is 48.7 Å². The summed E-state index contributed by atoms with van der Waals surface area (Å²) in [5.74, 6) is -0.196. The van der Waals surface area contributed by atoms with Crippen molar-refractivity contribution in [1.29, 1.82) is 0 Å². The third-order valence-electron chi connectivity index (χ3n) is 5.38. The highest BCUT2D eigenvalue weighted by Crippen LogP contribution is 2.20. The number of benzene rings is 2. The monoisotopic (exact) mass is 415 g/mol. The molecule has 0 saturated carbocycles. The molecule has 5 nitrogen and oxygen atoms in total. The number of fused-ring (bicyclic) bond motifs is 1. The molecule has 1 aliphatic rings. The van der Waals surface area contributed by atoms with E-state index in [1.807, 2.05) is 29.2 Å². The summed E-state index contributed by atoms with van der Waals surface area (Å²) < 4.78 is 13.0. The van der Waals surface area contributed by atoms with E-state index in [0.717, 1.165) is 48.8 Å². The number of rotatable bonds is 5. The Morgan fingerprint density at radius 1 is 1.07 bits per heavy atom. The molecule has 0 aliphatic carbocycles. The van der Waals surface area contributed by atoms with Crippen molar-refractivity contribution in [2.45, 2.75) is 6.42 Å². The smallest absolute Gasteiger partial charge is 0.254 e. The lowest BCUT2D eigenvalue weighted by molar-refractivity contribution is 0.0638. The van der Waals surface area contributed by atoms with Crippen molar-refractivity contribution < 1.29 is 14.0 Å². The summed E-state index contributed by atoms with van der Waals surface area (Å²) in [7, 11) is 0. The van der Waals surface area contributed by atoms with Crippen LogP contribution >= 0.6 is 12.4 Å². The summed E-state index contributed by atoms with van der Waals surface area (Å²) >= 11 is 0. The predicted octanol–water partition coefficient (Wildman–Crippen LogP) is 3.54. The maximum atomic E-state index is 13.0. The van der Waals surface area contributed by atoms with Crippen LogP contribution in [-0.2, 0) is 6.42 Å². The Hall–Kier alpha value is -2.70. The van der Waals surface area contributed by atoms with Crippen molar-refractivity contribution >= 4 is 35.5 Å². The minimum atomic E-state index is -0.212. The second-order valence-electron chi connectivity index (χ2n) is 7.13. The molecule has 1 amide bonds. The average molecular weight is 416 g/mol. The van der Waals surface area contributed by atoms with Gasteiger partial charge >= 0.3 is 0 Å². The predicted molar refractivity (Wildman–Crippen MR) is 113 cm³/mol. The highest BCUT2D eigenvalue weighted by molar-refractivity contribution is 6.02. The fraction of sp³-hybridized carbons (Fsp3) is 0.273. The molecule has 152 valence electrons. The summed E-state index contributed by atoms with van der Waals surface area (Å²) in [5, 5.41) is 0.831. The van der Waals surface area contributed by atoms with Crippen molar-refractivity contribution in [3.63, 3.8) is 0 Å². The molecule has 2 heterocycles. The minimum Gasteiger partial charge on any atom is -0.360 e. The summed E-state index contributed by atoms with van der Waals surface area (Å²) in [6.07, 6.45) is 3.34. The summed E-state index contributed by atoms with van der Waals surface area (Å²) in [5.41, 5.74) is 3.15. The van der Waals surface area contributed by atoms with Gasteiger partial charge in [0.2, 0.25) is 0 Å². The van der Waals surface area contributed by atoms with Crippen LogP contribution in [0.4, 0.5) is 4.39 Å². The number of aromatic amines is 1. The van der Waals surface area contributed by atoms with Gasteiger partial charge in [0.05, 0.1) is 0 Å². The Kier molecular flexibility index (Phi) is 6.67. The molecule has 1 N–H and O–H groups in total. The van der Waals surface area contributed by atoms with E-state index in [2.05, 4.69) is 9.88 Å². The number of hydrogen-bond acceptors (Lipinski definition) is 3. The van der Waals surface area contributed by atoms with Crippen LogP contribution < -0.4 is 0 Å². The number of carbonyl (C=O) groups is 2. The first-order valence-electron chi connectivity index (χ1n) is 9.46. The summed E-state index contributed by atoms with van der Waals surface area (Å²) in [6.45, 7) is 3.92. The van der Waals surface area contributed by atoms with Crippen LogP contribution in [0.3, 0.4) is 0 Å². The van der Waals surface area contributed by atoms with Gasteiger partial charge in [0.1, 0.15) is 5.82 Å². The lowest BCUT2D eigenvalue weighted by Crippen LogP contribution is -2.49. The maximum absolute atomic E-state index is 13.0. The number of nitrogens with one attached hydrogen (secondary N) is 1. The normalized spacial score (nSPS) is 14.6. The van der Waals surface area contributed by atoms with Crippen molar-refractivity contribution in [3.05, 3.63) is 71.2 Å². The number of carbonyl (C=O) groups excluding carboxylic acids is 2. The van der Waals surface area contributed by atoms with Crippen LogP contribution in [0, 0.1) is 5.82 Å². The van der Waals surface area contributed by atoms with E-state index in [1.54, 1.807) is 12.3 Å². The van der Waals surface area contributed by atoms with Crippen LogP contribution in [-0.4, -0.2) is 59.7 Å². The molecule has 0 atom stereocenters. The Morgan fingerprint density at radius 3 is 2.48 bits per heavy atom. The number of piperazine rings is 1. The molecule has 1 aromatic heterocycles.